The van der Waals surface area contributed by atoms with Gasteiger partial charge >= 0.3 is 0 Å². The van der Waals surface area contributed by atoms with E-state index >= 15 is 0 Å². The topological polar surface area (TPSA) is 77.2 Å². The van der Waals surface area contributed by atoms with E-state index in [1.54, 1.807) is 18.3 Å². The number of primary amides is 1. The average molecular weight is 221 g/mol. The number of rotatable bonds is 3. The molecule has 0 spiro atoms. The minimum atomic E-state index is -0.508. The van der Waals surface area contributed by atoms with E-state index in [1.165, 1.54) is 0 Å². The Balaban J connectivity index is 2.10. The van der Waals surface area contributed by atoms with Crippen molar-refractivity contribution < 1.29 is 9.53 Å². The van der Waals surface area contributed by atoms with Crippen LogP contribution < -0.4 is 15.8 Å². The van der Waals surface area contributed by atoms with Gasteiger partial charge in [0.15, 0.2) is 0 Å². The average Bonchev–Trinajstić information content (AvgIpc) is 2.31. The molecule has 1 aromatic rings. The van der Waals surface area contributed by atoms with Gasteiger partial charge in [0, 0.05) is 12.7 Å². The third-order valence-electron chi connectivity index (χ3n) is 2.57. The van der Waals surface area contributed by atoms with Gasteiger partial charge < -0.3 is 15.8 Å². The highest BCUT2D eigenvalue weighted by molar-refractivity contribution is 5.94. The fourth-order valence-electron chi connectivity index (χ4n) is 1.75. The number of amides is 1. The van der Waals surface area contributed by atoms with Gasteiger partial charge in [-0.05, 0) is 31.5 Å². The maximum atomic E-state index is 11.2. The molecule has 1 aliphatic rings. The summed E-state index contributed by atoms with van der Waals surface area (Å²) in [6.07, 6.45) is 3.71. The molecule has 0 saturated carbocycles. The van der Waals surface area contributed by atoms with Crippen molar-refractivity contribution in [2.45, 2.75) is 18.9 Å². The number of pyridine rings is 1. The van der Waals surface area contributed by atoms with E-state index < -0.39 is 5.91 Å². The Labute approximate surface area is 94.0 Å². The van der Waals surface area contributed by atoms with Crippen LogP contribution in [0.1, 0.15) is 23.2 Å². The quantitative estimate of drug-likeness (QED) is 0.770. The Kier molecular flexibility index (Phi) is 3.36. The fraction of sp³-hybridized carbons (Fsp3) is 0.455. The first kappa shape index (κ1) is 10.9. The highest BCUT2D eigenvalue weighted by Gasteiger charge is 2.18. The molecule has 1 atom stereocenters. The van der Waals surface area contributed by atoms with Crippen molar-refractivity contribution in [2.24, 2.45) is 5.73 Å². The Morgan fingerprint density at radius 3 is 3.19 bits per heavy atom. The van der Waals surface area contributed by atoms with Gasteiger partial charge in [-0.3, -0.25) is 4.79 Å². The van der Waals surface area contributed by atoms with Crippen LogP contribution in [0, 0.1) is 0 Å². The largest absolute Gasteiger partial charge is 0.472 e. The predicted octanol–water partition coefficient (Wildman–Crippen LogP) is 0.311. The van der Waals surface area contributed by atoms with Gasteiger partial charge in [-0.15, -0.1) is 0 Å². The molecule has 3 N–H and O–H groups in total. The van der Waals surface area contributed by atoms with E-state index in [2.05, 4.69) is 10.3 Å². The molecule has 16 heavy (non-hydrogen) atoms. The van der Waals surface area contributed by atoms with E-state index in [0.29, 0.717) is 11.4 Å². The van der Waals surface area contributed by atoms with E-state index in [-0.39, 0.29) is 6.10 Å². The standard InChI is InChI=1S/C11H15N3O2/c12-10(15)9-4-2-6-14-11(9)16-8-3-1-5-13-7-8/h2,4,6,8,13H,1,3,5,7H2,(H2,12,15)/t8-/m0/s1. The Hall–Kier alpha value is -1.62. The fourth-order valence-corrected chi connectivity index (χ4v) is 1.75. The minimum absolute atomic E-state index is 0.0711. The van der Waals surface area contributed by atoms with Gasteiger partial charge in [0.1, 0.15) is 11.7 Å². The van der Waals surface area contributed by atoms with Crippen LogP contribution in [0.25, 0.3) is 0 Å². The van der Waals surface area contributed by atoms with Crippen LogP contribution in [0.5, 0.6) is 5.88 Å². The van der Waals surface area contributed by atoms with Crippen LogP contribution >= 0.6 is 0 Å². The minimum Gasteiger partial charge on any atom is -0.472 e. The summed E-state index contributed by atoms with van der Waals surface area (Å²) in [6, 6.07) is 3.30. The molecule has 1 aromatic heterocycles. The molecular weight excluding hydrogens is 206 g/mol. The summed E-state index contributed by atoms with van der Waals surface area (Å²) in [6.45, 7) is 1.81. The number of hydrogen-bond acceptors (Lipinski definition) is 4. The van der Waals surface area contributed by atoms with Crippen molar-refractivity contribution in [3.05, 3.63) is 23.9 Å². The van der Waals surface area contributed by atoms with E-state index in [0.717, 1.165) is 25.9 Å². The van der Waals surface area contributed by atoms with Crippen LogP contribution in [-0.4, -0.2) is 30.1 Å². The monoisotopic (exact) mass is 221 g/mol. The Morgan fingerprint density at radius 2 is 2.50 bits per heavy atom. The van der Waals surface area contributed by atoms with E-state index in [1.807, 2.05) is 0 Å². The first-order valence-corrected chi connectivity index (χ1v) is 5.39. The zero-order valence-electron chi connectivity index (χ0n) is 8.98. The summed E-state index contributed by atoms with van der Waals surface area (Å²) in [4.78, 5) is 15.2. The van der Waals surface area contributed by atoms with Crippen LogP contribution in [0.2, 0.25) is 0 Å². The van der Waals surface area contributed by atoms with E-state index in [9.17, 15) is 4.79 Å². The van der Waals surface area contributed by atoms with Crippen molar-refractivity contribution in [1.82, 2.24) is 10.3 Å². The summed E-state index contributed by atoms with van der Waals surface area (Å²) in [5.74, 6) is -0.171. The lowest BCUT2D eigenvalue weighted by atomic mass is 10.1. The predicted molar refractivity (Wildman–Crippen MR) is 59.3 cm³/mol. The van der Waals surface area contributed by atoms with Crippen molar-refractivity contribution >= 4 is 5.91 Å². The number of piperidine rings is 1. The Morgan fingerprint density at radius 1 is 1.62 bits per heavy atom. The van der Waals surface area contributed by atoms with Crippen molar-refractivity contribution in [3.63, 3.8) is 0 Å². The summed E-state index contributed by atoms with van der Waals surface area (Å²) in [7, 11) is 0. The van der Waals surface area contributed by atoms with Crippen LogP contribution in [0.4, 0.5) is 0 Å². The molecule has 0 aliphatic carbocycles. The molecule has 2 heterocycles. The molecule has 5 nitrogen and oxygen atoms in total. The summed E-state index contributed by atoms with van der Waals surface area (Å²) in [5, 5.41) is 3.23. The zero-order chi connectivity index (χ0) is 11.4. The number of nitrogens with one attached hydrogen (secondary N) is 1. The second kappa shape index (κ2) is 4.94. The number of nitrogens with two attached hydrogens (primary N) is 1. The smallest absolute Gasteiger partial charge is 0.254 e. The number of carbonyl (C=O) groups excluding carboxylic acids is 1. The molecule has 1 aliphatic heterocycles. The van der Waals surface area contributed by atoms with Crippen LogP contribution in [0.15, 0.2) is 18.3 Å². The van der Waals surface area contributed by atoms with Gasteiger partial charge in [-0.1, -0.05) is 0 Å². The molecule has 86 valence electrons. The number of ether oxygens (including phenoxy) is 1. The van der Waals surface area contributed by atoms with Crippen molar-refractivity contribution in [3.8, 4) is 5.88 Å². The maximum Gasteiger partial charge on any atom is 0.254 e. The molecular formula is C11H15N3O2. The molecule has 1 amide bonds. The highest BCUT2D eigenvalue weighted by atomic mass is 16.5. The second-order valence-corrected chi connectivity index (χ2v) is 3.81. The first-order valence-electron chi connectivity index (χ1n) is 5.39. The summed E-state index contributed by atoms with van der Waals surface area (Å²) >= 11 is 0. The summed E-state index contributed by atoms with van der Waals surface area (Å²) in [5.41, 5.74) is 5.59. The number of nitrogens with zero attached hydrogens (tertiary/aromatic N) is 1. The normalized spacial score (nSPS) is 20.4. The molecule has 0 radical (unpaired) electrons. The van der Waals surface area contributed by atoms with Gasteiger partial charge in [0.25, 0.3) is 5.91 Å². The first-order chi connectivity index (χ1) is 7.77. The lowest BCUT2D eigenvalue weighted by Crippen LogP contribution is -2.37. The second-order valence-electron chi connectivity index (χ2n) is 3.81. The van der Waals surface area contributed by atoms with Gasteiger partial charge in [0.05, 0.1) is 0 Å². The van der Waals surface area contributed by atoms with Crippen molar-refractivity contribution in [1.29, 1.82) is 0 Å². The van der Waals surface area contributed by atoms with Gasteiger partial charge in [0.2, 0.25) is 5.88 Å². The molecule has 5 heteroatoms. The zero-order valence-corrected chi connectivity index (χ0v) is 8.98. The van der Waals surface area contributed by atoms with Crippen LogP contribution in [0.3, 0.4) is 0 Å². The molecule has 0 aromatic carbocycles. The van der Waals surface area contributed by atoms with Gasteiger partial charge in [-0.25, -0.2) is 4.98 Å². The number of hydrogen-bond donors (Lipinski definition) is 2. The Bertz CT molecular complexity index is 375. The molecule has 0 bridgehead atoms. The molecule has 1 saturated heterocycles. The SMILES string of the molecule is NC(=O)c1cccnc1O[C@H]1CCCNC1. The van der Waals surface area contributed by atoms with Crippen molar-refractivity contribution in [2.75, 3.05) is 13.1 Å². The van der Waals surface area contributed by atoms with Crippen LogP contribution in [-0.2, 0) is 0 Å². The number of aromatic nitrogens is 1. The van der Waals surface area contributed by atoms with E-state index in [4.69, 9.17) is 10.5 Å². The lowest BCUT2D eigenvalue weighted by molar-refractivity contribution is 0.0987. The third kappa shape index (κ3) is 2.49. The highest BCUT2D eigenvalue weighted by Crippen LogP contribution is 2.17. The molecule has 0 unspecified atom stereocenters. The third-order valence-corrected chi connectivity index (χ3v) is 2.57. The lowest BCUT2D eigenvalue weighted by Gasteiger charge is -2.23. The molecule has 2 rings (SSSR count). The van der Waals surface area contributed by atoms with Gasteiger partial charge in [-0.2, -0.15) is 0 Å². The summed E-state index contributed by atoms with van der Waals surface area (Å²) < 4.78 is 5.67. The maximum absolute atomic E-state index is 11.2. The number of carbonyl (C=O) groups is 1. The molecule has 1 fully saturated rings.